The number of para-hydroxylation sites is 1. The molecule has 1 N–H and O–H groups in total. The van der Waals surface area contributed by atoms with Gasteiger partial charge in [0.2, 0.25) is 5.91 Å². The van der Waals surface area contributed by atoms with Crippen LogP contribution in [0.4, 0.5) is 0 Å². The SMILES string of the molecule is O=C(O)C1CCCCN1C(=O)Cn1ncc2ccccc21. The summed E-state index contributed by atoms with van der Waals surface area (Å²) in [7, 11) is 0. The van der Waals surface area contributed by atoms with Crippen molar-refractivity contribution in [1.29, 1.82) is 0 Å². The molecule has 1 aliphatic heterocycles. The number of benzene rings is 1. The minimum absolute atomic E-state index is 0.0806. The van der Waals surface area contributed by atoms with Gasteiger partial charge in [-0.25, -0.2) is 4.79 Å². The lowest BCUT2D eigenvalue weighted by Gasteiger charge is -2.32. The number of hydrogen-bond donors (Lipinski definition) is 1. The number of piperidine rings is 1. The van der Waals surface area contributed by atoms with Gasteiger partial charge in [-0.2, -0.15) is 5.10 Å². The topological polar surface area (TPSA) is 75.4 Å². The van der Waals surface area contributed by atoms with Crippen molar-refractivity contribution in [2.45, 2.75) is 31.8 Å². The Morgan fingerprint density at radius 2 is 2.10 bits per heavy atom. The molecule has 3 rings (SSSR count). The molecule has 6 nitrogen and oxygen atoms in total. The summed E-state index contributed by atoms with van der Waals surface area (Å²) in [6.45, 7) is 0.590. The van der Waals surface area contributed by atoms with Gasteiger partial charge in [0.05, 0.1) is 11.7 Å². The number of rotatable bonds is 3. The number of amides is 1. The third-order valence-electron chi connectivity index (χ3n) is 3.94. The first-order valence-corrected chi connectivity index (χ1v) is 7.09. The van der Waals surface area contributed by atoms with E-state index in [4.69, 9.17) is 0 Å². The van der Waals surface area contributed by atoms with Crippen LogP contribution in [0.15, 0.2) is 30.5 Å². The van der Waals surface area contributed by atoms with Crippen LogP contribution < -0.4 is 0 Å². The Hall–Kier alpha value is -2.37. The number of aromatic nitrogens is 2. The van der Waals surface area contributed by atoms with Crippen molar-refractivity contribution in [1.82, 2.24) is 14.7 Å². The van der Waals surface area contributed by atoms with Gasteiger partial charge in [-0.1, -0.05) is 18.2 Å². The molecule has 6 heteroatoms. The Kier molecular flexibility index (Phi) is 3.60. The quantitative estimate of drug-likeness (QED) is 0.928. The van der Waals surface area contributed by atoms with E-state index in [-0.39, 0.29) is 12.5 Å². The third kappa shape index (κ3) is 2.61. The van der Waals surface area contributed by atoms with Gasteiger partial charge < -0.3 is 10.0 Å². The zero-order valence-corrected chi connectivity index (χ0v) is 11.6. The van der Waals surface area contributed by atoms with Crippen LogP contribution in [-0.2, 0) is 16.1 Å². The summed E-state index contributed by atoms with van der Waals surface area (Å²) in [5.41, 5.74) is 0.884. The third-order valence-corrected chi connectivity index (χ3v) is 3.94. The van der Waals surface area contributed by atoms with Crippen LogP contribution in [-0.4, -0.2) is 44.3 Å². The lowest BCUT2D eigenvalue weighted by atomic mass is 10.0. The first-order valence-electron chi connectivity index (χ1n) is 7.09. The lowest BCUT2D eigenvalue weighted by molar-refractivity contribution is -0.152. The molecule has 0 radical (unpaired) electrons. The van der Waals surface area contributed by atoms with E-state index in [0.29, 0.717) is 13.0 Å². The van der Waals surface area contributed by atoms with Gasteiger partial charge in [0.1, 0.15) is 12.6 Å². The minimum atomic E-state index is -0.923. The fraction of sp³-hybridized carbons (Fsp3) is 0.400. The maximum atomic E-state index is 12.4. The van der Waals surface area contributed by atoms with Gasteiger partial charge in [0, 0.05) is 11.9 Å². The molecule has 2 aromatic rings. The molecular formula is C15H17N3O3. The number of carboxylic acids is 1. The number of nitrogens with zero attached hydrogens (tertiary/aromatic N) is 3. The Morgan fingerprint density at radius 1 is 1.29 bits per heavy atom. The first kappa shape index (κ1) is 13.6. The van der Waals surface area contributed by atoms with Crippen molar-refractivity contribution in [2.75, 3.05) is 6.54 Å². The number of fused-ring (bicyclic) bond motifs is 1. The number of carbonyl (C=O) groups is 2. The molecule has 1 aromatic carbocycles. The molecule has 2 heterocycles. The van der Waals surface area contributed by atoms with Crippen molar-refractivity contribution < 1.29 is 14.7 Å². The molecule has 0 spiro atoms. The Balaban J connectivity index is 1.80. The van der Waals surface area contributed by atoms with E-state index in [1.54, 1.807) is 10.9 Å². The van der Waals surface area contributed by atoms with Gasteiger partial charge in [-0.05, 0) is 25.3 Å². The largest absolute Gasteiger partial charge is 0.480 e. The van der Waals surface area contributed by atoms with Gasteiger partial charge in [-0.3, -0.25) is 9.48 Å². The number of carbonyl (C=O) groups excluding carboxylic acids is 1. The summed E-state index contributed by atoms with van der Waals surface area (Å²) in [6.07, 6.45) is 3.95. The second-order valence-corrected chi connectivity index (χ2v) is 5.30. The van der Waals surface area contributed by atoms with Crippen LogP contribution in [0.1, 0.15) is 19.3 Å². The standard InChI is InChI=1S/C15H17N3O3/c19-14(17-8-4-3-7-13(17)15(20)21)10-18-12-6-2-1-5-11(12)9-16-18/h1-2,5-6,9,13H,3-4,7-8,10H2,(H,20,21). The van der Waals surface area contributed by atoms with E-state index in [1.807, 2.05) is 24.3 Å². The molecular weight excluding hydrogens is 270 g/mol. The molecule has 1 aliphatic rings. The van der Waals surface area contributed by atoms with Gasteiger partial charge in [0.15, 0.2) is 0 Å². The van der Waals surface area contributed by atoms with Crippen molar-refractivity contribution in [2.24, 2.45) is 0 Å². The van der Waals surface area contributed by atoms with Crippen molar-refractivity contribution >= 4 is 22.8 Å². The summed E-state index contributed by atoms with van der Waals surface area (Å²) >= 11 is 0. The molecule has 1 unspecified atom stereocenters. The molecule has 0 bridgehead atoms. The average molecular weight is 287 g/mol. The molecule has 1 fully saturated rings. The van der Waals surface area contributed by atoms with Crippen LogP contribution in [0, 0.1) is 0 Å². The zero-order valence-electron chi connectivity index (χ0n) is 11.6. The normalized spacial score (nSPS) is 18.9. The maximum absolute atomic E-state index is 12.4. The van der Waals surface area contributed by atoms with Crippen LogP contribution >= 0.6 is 0 Å². The highest BCUT2D eigenvalue weighted by Gasteiger charge is 2.32. The highest BCUT2D eigenvalue weighted by atomic mass is 16.4. The number of carboxylic acid groups (broad SMARTS) is 1. The Morgan fingerprint density at radius 3 is 2.90 bits per heavy atom. The van der Waals surface area contributed by atoms with Crippen molar-refractivity contribution in [3.63, 3.8) is 0 Å². The molecule has 21 heavy (non-hydrogen) atoms. The summed E-state index contributed by atoms with van der Waals surface area (Å²) in [4.78, 5) is 25.2. The molecule has 1 saturated heterocycles. The number of hydrogen-bond acceptors (Lipinski definition) is 3. The first-order chi connectivity index (χ1) is 10.2. The van der Waals surface area contributed by atoms with Crippen LogP contribution in [0.3, 0.4) is 0 Å². The second-order valence-electron chi connectivity index (χ2n) is 5.30. The number of aliphatic carboxylic acids is 1. The maximum Gasteiger partial charge on any atom is 0.326 e. The van der Waals surface area contributed by atoms with Crippen LogP contribution in [0.25, 0.3) is 10.9 Å². The van der Waals surface area contributed by atoms with E-state index < -0.39 is 12.0 Å². The van der Waals surface area contributed by atoms with Crippen molar-refractivity contribution in [3.8, 4) is 0 Å². The average Bonchev–Trinajstić information content (AvgIpc) is 2.90. The smallest absolute Gasteiger partial charge is 0.326 e. The summed E-state index contributed by atoms with van der Waals surface area (Å²) in [6, 6.07) is 6.95. The van der Waals surface area contributed by atoms with Crippen LogP contribution in [0.5, 0.6) is 0 Å². The summed E-state index contributed by atoms with van der Waals surface area (Å²) in [5.74, 6) is -1.11. The van der Waals surface area contributed by atoms with E-state index >= 15 is 0 Å². The fourth-order valence-electron chi connectivity index (χ4n) is 2.86. The molecule has 1 aromatic heterocycles. The zero-order chi connectivity index (χ0) is 14.8. The van der Waals surface area contributed by atoms with Gasteiger partial charge in [-0.15, -0.1) is 0 Å². The van der Waals surface area contributed by atoms with Crippen LogP contribution in [0.2, 0.25) is 0 Å². The highest BCUT2D eigenvalue weighted by molar-refractivity contribution is 5.85. The molecule has 0 aliphatic carbocycles. The molecule has 1 atom stereocenters. The van der Waals surface area contributed by atoms with E-state index in [0.717, 1.165) is 23.7 Å². The van der Waals surface area contributed by atoms with E-state index in [2.05, 4.69) is 5.10 Å². The van der Waals surface area contributed by atoms with Crippen molar-refractivity contribution in [3.05, 3.63) is 30.5 Å². The monoisotopic (exact) mass is 287 g/mol. The van der Waals surface area contributed by atoms with Gasteiger partial charge >= 0.3 is 5.97 Å². The summed E-state index contributed by atoms with van der Waals surface area (Å²) < 4.78 is 1.63. The fourth-order valence-corrected chi connectivity index (χ4v) is 2.86. The molecule has 0 saturated carbocycles. The summed E-state index contributed by atoms with van der Waals surface area (Å²) in [5, 5.41) is 14.4. The minimum Gasteiger partial charge on any atom is -0.480 e. The van der Waals surface area contributed by atoms with Gasteiger partial charge in [0.25, 0.3) is 0 Å². The van der Waals surface area contributed by atoms with E-state index in [1.165, 1.54) is 4.90 Å². The Bertz CT molecular complexity index is 680. The predicted octanol–water partition coefficient (Wildman–Crippen LogP) is 1.50. The molecule has 1 amide bonds. The lowest BCUT2D eigenvalue weighted by Crippen LogP contribution is -2.49. The second kappa shape index (κ2) is 5.55. The highest BCUT2D eigenvalue weighted by Crippen LogP contribution is 2.19. The molecule has 110 valence electrons. The van der Waals surface area contributed by atoms with E-state index in [9.17, 15) is 14.7 Å². The Labute approximate surface area is 122 Å². The number of likely N-dealkylation sites (tertiary alicyclic amines) is 1. The predicted molar refractivity (Wildman–Crippen MR) is 76.7 cm³/mol.